The summed E-state index contributed by atoms with van der Waals surface area (Å²) in [5.41, 5.74) is 2.84. The summed E-state index contributed by atoms with van der Waals surface area (Å²) in [6, 6.07) is 9.87. The molecular weight excluding hydrogens is 359 g/mol. The van der Waals surface area contributed by atoms with Crippen LogP contribution in [0.1, 0.15) is 64.5 Å². The second kappa shape index (κ2) is 9.71. The Labute approximate surface area is 166 Å². The van der Waals surface area contributed by atoms with E-state index in [9.17, 15) is 4.39 Å². The fraction of sp³-hybridized carbons (Fsp3) is 0.571. The molecule has 1 aliphatic carbocycles. The van der Waals surface area contributed by atoms with Crippen molar-refractivity contribution >= 4 is 12.1 Å². The Hall–Kier alpha value is -1.37. The SMILES string of the molecule is CCCNSN(C(C)C)C1CCC(c2cc(-c3cccc(F)c3)n[nH]2)CC1. The monoisotopic (exact) mass is 390 g/mol. The topological polar surface area (TPSA) is 44.0 Å². The molecule has 0 amide bonds. The molecule has 0 atom stereocenters. The molecule has 6 heteroatoms. The average Bonchev–Trinajstić information content (AvgIpc) is 3.15. The summed E-state index contributed by atoms with van der Waals surface area (Å²) in [6.45, 7) is 7.78. The van der Waals surface area contributed by atoms with E-state index in [4.69, 9.17) is 0 Å². The van der Waals surface area contributed by atoms with Gasteiger partial charge in [-0.2, -0.15) is 5.10 Å². The first-order chi connectivity index (χ1) is 13.1. The van der Waals surface area contributed by atoms with Crippen LogP contribution in [0.2, 0.25) is 0 Å². The normalized spacial score (nSPS) is 20.5. The van der Waals surface area contributed by atoms with Crippen LogP contribution >= 0.6 is 12.1 Å². The van der Waals surface area contributed by atoms with Crippen molar-refractivity contribution in [3.05, 3.63) is 41.8 Å². The molecule has 148 valence electrons. The Morgan fingerprint density at radius 3 is 2.70 bits per heavy atom. The molecule has 3 rings (SSSR count). The molecule has 1 aliphatic rings. The number of aromatic amines is 1. The van der Waals surface area contributed by atoms with E-state index in [0.29, 0.717) is 18.0 Å². The lowest BCUT2D eigenvalue weighted by atomic mass is 9.83. The van der Waals surface area contributed by atoms with Crippen LogP contribution in [-0.4, -0.2) is 33.1 Å². The number of hydrogen-bond donors (Lipinski definition) is 2. The molecule has 1 saturated carbocycles. The first-order valence-corrected chi connectivity index (χ1v) is 10.8. The molecule has 0 radical (unpaired) electrons. The second-order valence-corrected chi connectivity index (χ2v) is 8.56. The molecule has 0 bridgehead atoms. The zero-order valence-electron chi connectivity index (χ0n) is 16.5. The molecule has 1 aromatic heterocycles. The summed E-state index contributed by atoms with van der Waals surface area (Å²) < 4.78 is 19.5. The fourth-order valence-electron chi connectivity index (χ4n) is 3.81. The lowest BCUT2D eigenvalue weighted by molar-refractivity contribution is 0.224. The smallest absolute Gasteiger partial charge is 0.123 e. The largest absolute Gasteiger partial charge is 0.282 e. The number of aromatic nitrogens is 2. The van der Waals surface area contributed by atoms with Crippen molar-refractivity contribution < 1.29 is 4.39 Å². The quantitative estimate of drug-likeness (QED) is 0.460. The van der Waals surface area contributed by atoms with Gasteiger partial charge in [0.1, 0.15) is 5.82 Å². The number of halogens is 1. The third kappa shape index (κ3) is 5.33. The Kier molecular flexibility index (Phi) is 7.33. The molecule has 2 N–H and O–H groups in total. The van der Waals surface area contributed by atoms with Crippen molar-refractivity contribution in [2.75, 3.05) is 6.54 Å². The van der Waals surface area contributed by atoms with Crippen LogP contribution in [0.4, 0.5) is 4.39 Å². The maximum Gasteiger partial charge on any atom is 0.123 e. The minimum atomic E-state index is -0.222. The van der Waals surface area contributed by atoms with Crippen LogP contribution in [0.25, 0.3) is 11.3 Å². The van der Waals surface area contributed by atoms with Gasteiger partial charge in [-0.15, -0.1) is 0 Å². The number of rotatable bonds is 8. The van der Waals surface area contributed by atoms with Crippen LogP contribution in [0.5, 0.6) is 0 Å². The summed E-state index contributed by atoms with van der Waals surface area (Å²) in [6.07, 6.45) is 5.86. The van der Waals surface area contributed by atoms with Crippen molar-refractivity contribution in [2.45, 2.75) is 70.9 Å². The lowest BCUT2D eigenvalue weighted by Crippen LogP contribution is -2.39. The number of H-pyrrole nitrogens is 1. The Bertz CT molecular complexity index is 710. The van der Waals surface area contributed by atoms with Gasteiger partial charge in [-0.3, -0.25) is 9.82 Å². The summed E-state index contributed by atoms with van der Waals surface area (Å²) in [7, 11) is 0. The molecule has 0 unspecified atom stereocenters. The molecule has 4 nitrogen and oxygen atoms in total. The highest BCUT2D eigenvalue weighted by Gasteiger charge is 2.29. The minimum Gasteiger partial charge on any atom is -0.282 e. The molecule has 1 fully saturated rings. The van der Waals surface area contributed by atoms with E-state index in [2.05, 4.69) is 46.1 Å². The zero-order chi connectivity index (χ0) is 19.2. The molecule has 0 saturated heterocycles. The van der Waals surface area contributed by atoms with E-state index in [0.717, 1.165) is 37.1 Å². The van der Waals surface area contributed by atoms with Gasteiger partial charge in [0.15, 0.2) is 0 Å². The molecule has 1 heterocycles. The van der Waals surface area contributed by atoms with Gasteiger partial charge in [-0.25, -0.2) is 8.70 Å². The van der Waals surface area contributed by atoms with Crippen molar-refractivity contribution in [1.82, 2.24) is 19.2 Å². The van der Waals surface area contributed by atoms with Crippen molar-refractivity contribution in [3.63, 3.8) is 0 Å². The van der Waals surface area contributed by atoms with Crippen molar-refractivity contribution in [1.29, 1.82) is 0 Å². The average molecular weight is 391 g/mol. The standard InChI is InChI=1S/C21H31FN4S/c1-4-12-23-27-26(15(2)3)19-10-8-16(9-11-19)20-14-21(25-24-20)17-6-5-7-18(22)13-17/h5-7,13-16,19,23H,4,8-12H2,1-3H3,(H,24,25). The van der Waals surface area contributed by atoms with Crippen LogP contribution < -0.4 is 4.72 Å². The molecule has 1 aromatic carbocycles. The molecule has 0 aliphatic heterocycles. The Morgan fingerprint density at radius 2 is 2.04 bits per heavy atom. The third-order valence-electron chi connectivity index (χ3n) is 5.25. The van der Waals surface area contributed by atoms with Crippen LogP contribution in [-0.2, 0) is 0 Å². The van der Waals surface area contributed by atoms with Gasteiger partial charge < -0.3 is 0 Å². The maximum absolute atomic E-state index is 13.5. The zero-order valence-corrected chi connectivity index (χ0v) is 17.4. The maximum atomic E-state index is 13.5. The van der Waals surface area contributed by atoms with Gasteiger partial charge in [-0.1, -0.05) is 19.1 Å². The first-order valence-electron chi connectivity index (χ1n) is 10.1. The Morgan fingerprint density at radius 1 is 1.26 bits per heavy atom. The van der Waals surface area contributed by atoms with Gasteiger partial charge >= 0.3 is 0 Å². The molecular formula is C21H31FN4S. The first kappa shape index (κ1) is 20.4. The van der Waals surface area contributed by atoms with Gasteiger partial charge in [0, 0.05) is 47.9 Å². The second-order valence-electron chi connectivity index (χ2n) is 7.66. The van der Waals surface area contributed by atoms with E-state index < -0.39 is 0 Å². The highest BCUT2D eigenvalue weighted by molar-refractivity contribution is 7.95. The van der Waals surface area contributed by atoms with E-state index in [1.165, 1.54) is 30.7 Å². The Balaban J connectivity index is 1.59. The summed E-state index contributed by atoms with van der Waals surface area (Å²) in [5, 5.41) is 7.62. The molecule has 2 aromatic rings. The summed E-state index contributed by atoms with van der Waals surface area (Å²) in [4.78, 5) is 0. The summed E-state index contributed by atoms with van der Waals surface area (Å²) in [5.74, 6) is 0.291. The van der Waals surface area contributed by atoms with E-state index in [1.54, 1.807) is 18.2 Å². The number of nitrogens with zero attached hydrogens (tertiary/aromatic N) is 2. The van der Waals surface area contributed by atoms with Gasteiger partial charge in [0.25, 0.3) is 0 Å². The number of hydrogen-bond acceptors (Lipinski definition) is 4. The third-order valence-corrected chi connectivity index (χ3v) is 6.51. The van der Waals surface area contributed by atoms with Crippen LogP contribution in [0.3, 0.4) is 0 Å². The van der Waals surface area contributed by atoms with Gasteiger partial charge in [-0.05, 0) is 64.2 Å². The van der Waals surface area contributed by atoms with E-state index in [1.807, 2.05) is 6.07 Å². The highest BCUT2D eigenvalue weighted by Crippen LogP contribution is 2.37. The predicted octanol–water partition coefficient (Wildman–Crippen LogP) is 5.52. The molecule has 27 heavy (non-hydrogen) atoms. The van der Waals surface area contributed by atoms with Crippen molar-refractivity contribution in [3.8, 4) is 11.3 Å². The van der Waals surface area contributed by atoms with Crippen LogP contribution in [0, 0.1) is 5.82 Å². The molecule has 0 spiro atoms. The van der Waals surface area contributed by atoms with Gasteiger partial charge in [0.2, 0.25) is 0 Å². The predicted molar refractivity (Wildman–Crippen MR) is 112 cm³/mol. The van der Waals surface area contributed by atoms with Crippen LogP contribution in [0.15, 0.2) is 30.3 Å². The minimum absolute atomic E-state index is 0.222. The lowest BCUT2D eigenvalue weighted by Gasteiger charge is -2.37. The van der Waals surface area contributed by atoms with Gasteiger partial charge in [0.05, 0.1) is 5.69 Å². The van der Waals surface area contributed by atoms with E-state index >= 15 is 0 Å². The number of nitrogens with one attached hydrogen (secondary N) is 2. The van der Waals surface area contributed by atoms with Crippen molar-refractivity contribution in [2.24, 2.45) is 0 Å². The fourth-order valence-corrected chi connectivity index (χ4v) is 4.82. The van der Waals surface area contributed by atoms with E-state index in [-0.39, 0.29) is 5.82 Å². The highest BCUT2D eigenvalue weighted by atomic mass is 32.2. The number of benzene rings is 1. The summed E-state index contributed by atoms with van der Waals surface area (Å²) >= 11 is 1.79.